The van der Waals surface area contributed by atoms with Gasteiger partial charge in [0.2, 0.25) is 19.7 Å². The molecule has 0 saturated heterocycles. The van der Waals surface area contributed by atoms with Crippen molar-refractivity contribution in [1.29, 1.82) is 0 Å². The minimum atomic E-state index is -4.05. The molecule has 1 N–H and O–H groups in total. The Morgan fingerprint density at radius 3 is 1.24 bits per heavy atom. The molecule has 0 aliphatic rings. The van der Waals surface area contributed by atoms with E-state index in [2.05, 4.69) is 0 Å². The SMILES string of the molecule is O=S(=O)(c1ccccc1)c1cccc(S(=O)(=O)c2ccccc2)c1O. The Hall–Kier alpha value is -2.64. The summed E-state index contributed by atoms with van der Waals surface area (Å²) in [5.74, 6) is -0.782. The monoisotopic (exact) mass is 374 g/mol. The molecule has 0 radical (unpaired) electrons. The highest BCUT2D eigenvalue weighted by atomic mass is 32.2. The van der Waals surface area contributed by atoms with Crippen molar-refractivity contribution in [1.82, 2.24) is 0 Å². The fraction of sp³-hybridized carbons (Fsp3) is 0. The topological polar surface area (TPSA) is 88.5 Å². The summed E-state index contributed by atoms with van der Waals surface area (Å²) in [7, 11) is -8.10. The highest BCUT2D eigenvalue weighted by Crippen LogP contribution is 2.36. The number of hydrogen-bond donors (Lipinski definition) is 1. The van der Waals surface area contributed by atoms with Gasteiger partial charge in [0, 0.05) is 0 Å². The van der Waals surface area contributed by atoms with Crippen molar-refractivity contribution in [3.8, 4) is 5.75 Å². The normalized spacial score (nSPS) is 12.0. The maximum Gasteiger partial charge on any atom is 0.210 e. The Balaban J connectivity index is 2.20. The zero-order valence-corrected chi connectivity index (χ0v) is 14.5. The number of phenols is 1. The van der Waals surface area contributed by atoms with Crippen molar-refractivity contribution < 1.29 is 21.9 Å². The predicted octanol–water partition coefficient (Wildman–Crippen LogP) is 3.06. The van der Waals surface area contributed by atoms with Crippen LogP contribution in [0.4, 0.5) is 0 Å². The Morgan fingerprint density at radius 2 is 0.880 bits per heavy atom. The van der Waals surface area contributed by atoms with E-state index in [0.29, 0.717) is 0 Å². The fourth-order valence-electron chi connectivity index (χ4n) is 2.39. The summed E-state index contributed by atoms with van der Waals surface area (Å²) >= 11 is 0. The molecular formula is C18H14O5S2. The van der Waals surface area contributed by atoms with Gasteiger partial charge in [0.05, 0.1) is 9.79 Å². The maximum absolute atomic E-state index is 12.7. The summed E-state index contributed by atoms with van der Waals surface area (Å²) in [5.41, 5.74) is 0. The first-order valence-corrected chi connectivity index (χ1v) is 10.2. The van der Waals surface area contributed by atoms with Crippen LogP contribution in [-0.2, 0) is 19.7 Å². The van der Waals surface area contributed by atoms with Gasteiger partial charge in [-0.25, -0.2) is 16.8 Å². The highest BCUT2D eigenvalue weighted by Gasteiger charge is 2.28. The van der Waals surface area contributed by atoms with Crippen molar-refractivity contribution in [3.63, 3.8) is 0 Å². The van der Waals surface area contributed by atoms with Gasteiger partial charge in [0.15, 0.2) is 5.75 Å². The van der Waals surface area contributed by atoms with Crippen LogP contribution in [0.3, 0.4) is 0 Å². The van der Waals surface area contributed by atoms with E-state index in [1.165, 1.54) is 42.5 Å². The second-order valence-electron chi connectivity index (χ2n) is 5.24. The van der Waals surface area contributed by atoms with Crippen molar-refractivity contribution >= 4 is 19.7 Å². The first-order valence-electron chi connectivity index (χ1n) is 7.27. The molecule has 0 spiro atoms. The Morgan fingerprint density at radius 1 is 0.520 bits per heavy atom. The molecule has 128 valence electrons. The summed E-state index contributed by atoms with van der Waals surface area (Å²) in [6.07, 6.45) is 0. The predicted molar refractivity (Wildman–Crippen MR) is 91.9 cm³/mol. The molecule has 0 atom stereocenters. The van der Waals surface area contributed by atoms with E-state index in [0.717, 1.165) is 0 Å². The number of rotatable bonds is 4. The van der Waals surface area contributed by atoms with Gasteiger partial charge >= 0.3 is 0 Å². The van der Waals surface area contributed by atoms with Gasteiger partial charge in [-0.05, 0) is 36.4 Å². The second kappa shape index (κ2) is 6.34. The van der Waals surface area contributed by atoms with Gasteiger partial charge in [0.25, 0.3) is 0 Å². The molecule has 0 aliphatic heterocycles. The van der Waals surface area contributed by atoms with Crippen LogP contribution < -0.4 is 0 Å². The third-order valence-electron chi connectivity index (χ3n) is 3.65. The first kappa shape index (κ1) is 17.2. The van der Waals surface area contributed by atoms with Crippen LogP contribution in [0, 0.1) is 0 Å². The van der Waals surface area contributed by atoms with E-state index in [1.807, 2.05) is 0 Å². The number of para-hydroxylation sites is 1. The molecule has 5 nitrogen and oxygen atoms in total. The van der Waals surface area contributed by atoms with E-state index < -0.39 is 35.2 Å². The van der Waals surface area contributed by atoms with E-state index in [-0.39, 0.29) is 9.79 Å². The molecule has 3 rings (SSSR count). The number of hydrogen-bond acceptors (Lipinski definition) is 5. The van der Waals surface area contributed by atoms with Crippen LogP contribution in [0.2, 0.25) is 0 Å². The molecular weight excluding hydrogens is 360 g/mol. The van der Waals surface area contributed by atoms with Gasteiger partial charge in [-0.15, -0.1) is 0 Å². The molecule has 0 unspecified atom stereocenters. The van der Waals surface area contributed by atoms with Crippen molar-refractivity contribution in [2.45, 2.75) is 19.6 Å². The molecule has 0 aliphatic carbocycles. The third kappa shape index (κ3) is 3.04. The number of phenolic OH excluding ortho intramolecular Hbond substituents is 1. The van der Waals surface area contributed by atoms with E-state index in [1.54, 1.807) is 36.4 Å². The van der Waals surface area contributed by atoms with Crippen molar-refractivity contribution in [2.24, 2.45) is 0 Å². The lowest BCUT2D eigenvalue weighted by molar-refractivity contribution is 0.442. The summed E-state index contributed by atoms with van der Waals surface area (Å²) in [6.45, 7) is 0. The van der Waals surface area contributed by atoms with E-state index in [9.17, 15) is 21.9 Å². The summed E-state index contributed by atoms with van der Waals surface area (Å²) in [4.78, 5) is -0.953. The minimum Gasteiger partial charge on any atom is -0.505 e. The Bertz CT molecular complexity index is 1020. The third-order valence-corrected chi connectivity index (χ3v) is 7.25. The molecule has 25 heavy (non-hydrogen) atoms. The van der Waals surface area contributed by atoms with Crippen LogP contribution in [0.1, 0.15) is 0 Å². The average Bonchev–Trinajstić information content (AvgIpc) is 2.63. The van der Waals surface area contributed by atoms with Crippen LogP contribution in [-0.4, -0.2) is 21.9 Å². The van der Waals surface area contributed by atoms with Crippen molar-refractivity contribution in [3.05, 3.63) is 78.9 Å². The smallest absolute Gasteiger partial charge is 0.210 e. The quantitative estimate of drug-likeness (QED) is 0.758. The Labute approximate surface area is 146 Å². The number of sulfone groups is 2. The Kier molecular flexibility index (Phi) is 4.36. The van der Waals surface area contributed by atoms with Crippen LogP contribution in [0.5, 0.6) is 5.75 Å². The highest BCUT2D eigenvalue weighted by molar-refractivity contribution is 7.92. The zero-order valence-electron chi connectivity index (χ0n) is 12.9. The van der Waals surface area contributed by atoms with Gasteiger partial charge < -0.3 is 5.11 Å². The van der Waals surface area contributed by atoms with Gasteiger partial charge in [0.1, 0.15) is 9.79 Å². The maximum atomic E-state index is 12.7. The lowest BCUT2D eigenvalue weighted by Crippen LogP contribution is -2.07. The molecule has 7 heteroatoms. The molecule has 0 fully saturated rings. The zero-order chi connectivity index (χ0) is 18.1. The fourth-order valence-corrected chi connectivity index (χ4v) is 5.24. The van der Waals surface area contributed by atoms with Gasteiger partial charge in [-0.1, -0.05) is 42.5 Å². The van der Waals surface area contributed by atoms with Crippen LogP contribution in [0.15, 0.2) is 98.4 Å². The first-order chi connectivity index (χ1) is 11.8. The second-order valence-corrected chi connectivity index (χ2v) is 9.07. The lowest BCUT2D eigenvalue weighted by atomic mass is 10.3. The molecule has 0 aromatic heterocycles. The molecule has 0 bridgehead atoms. The summed E-state index contributed by atoms with van der Waals surface area (Å²) < 4.78 is 50.9. The largest absolute Gasteiger partial charge is 0.505 e. The van der Waals surface area contributed by atoms with Gasteiger partial charge in [-0.2, -0.15) is 0 Å². The average molecular weight is 374 g/mol. The van der Waals surface area contributed by atoms with Crippen LogP contribution in [0.25, 0.3) is 0 Å². The molecule has 0 amide bonds. The minimum absolute atomic E-state index is 0.0282. The van der Waals surface area contributed by atoms with E-state index >= 15 is 0 Å². The summed E-state index contributed by atoms with van der Waals surface area (Å²) in [5, 5.41) is 10.4. The van der Waals surface area contributed by atoms with E-state index in [4.69, 9.17) is 0 Å². The molecule has 3 aromatic rings. The number of aromatic hydroxyl groups is 1. The van der Waals surface area contributed by atoms with Crippen LogP contribution >= 0.6 is 0 Å². The van der Waals surface area contributed by atoms with Crippen molar-refractivity contribution in [2.75, 3.05) is 0 Å². The van der Waals surface area contributed by atoms with Gasteiger partial charge in [-0.3, -0.25) is 0 Å². The molecule has 3 aromatic carbocycles. The number of benzene rings is 3. The standard InChI is InChI=1S/C18H14O5S2/c19-18-16(24(20,21)14-8-3-1-4-9-14)12-7-13-17(18)25(22,23)15-10-5-2-6-11-15/h1-13,19H. The molecule has 0 heterocycles. The molecule has 0 saturated carbocycles. The lowest BCUT2D eigenvalue weighted by Gasteiger charge is -2.11. The summed E-state index contributed by atoms with van der Waals surface area (Å²) in [6, 6.07) is 18.7.